The second kappa shape index (κ2) is 8.50. The van der Waals surface area contributed by atoms with Crippen molar-refractivity contribution in [3.05, 3.63) is 67.0 Å². The Balaban J connectivity index is 1.74. The number of anilines is 1. The number of hydrogen-bond acceptors (Lipinski definition) is 5. The molecule has 1 aromatic heterocycles. The van der Waals surface area contributed by atoms with Gasteiger partial charge in [-0.1, -0.05) is 36.0 Å². The minimum Gasteiger partial charge on any atom is -0.507 e. The van der Waals surface area contributed by atoms with Crippen molar-refractivity contribution >= 4 is 23.4 Å². The monoisotopic (exact) mass is 384 g/mol. The molecule has 8 heteroatoms. The summed E-state index contributed by atoms with van der Waals surface area (Å²) in [4.78, 5) is 12.1. The summed E-state index contributed by atoms with van der Waals surface area (Å²) in [5, 5.41) is 21.5. The van der Waals surface area contributed by atoms with Gasteiger partial charge in [-0.25, -0.2) is 4.39 Å². The molecule has 0 aliphatic heterocycles. The molecule has 0 radical (unpaired) electrons. The molecule has 1 amide bonds. The number of nitrogens with zero attached hydrogens (tertiary/aromatic N) is 3. The van der Waals surface area contributed by atoms with Crippen molar-refractivity contribution in [2.24, 2.45) is 0 Å². The normalized spacial score (nSPS) is 10.6. The molecule has 2 aromatic carbocycles. The lowest BCUT2D eigenvalue weighted by Crippen LogP contribution is -2.14. The summed E-state index contributed by atoms with van der Waals surface area (Å²) in [6.45, 7) is 4.15. The van der Waals surface area contributed by atoms with Gasteiger partial charge < -0.3 is 10.4 Å². The van der Waals surface area contributed by atoms with Crippen molar-refractivity contribution in [1.29, 1.82) is 0 Å². The van der Waals surface area contributed by atoms with Crippen LogP contribution in [0.4, 0.5) is 10.1 Å². The smallest absolute Gasteiger partial charge is 0.234 e. The summed E-state index contributed by atoms with van der Waals surface area (Å²) < 4.78 is 15.0. The van der Waals surface area contributed by atoms with E-state index in [1.165, 1.54) is 30.0 Å². The van der Waals surface area contributed by atoms with Crippen LogP contribution in [0.1, 0.15) is 0 Å². The number of halogens is 1. The number of rotatable bonds is 7. The van der Waals surface area contributed by atoms with Crippen LogP contribution in [-0.4, -0.2) is 31.5 Å². The van der Waals surface area contributed by atoms with Crippen LogP contribution in [0.25, 0.3) is 11.4 Å². The molecule has 1 heterocycles. The lowest BCUT2D eigenvalue weighted by Gasteiger charge is -2.09. The lowest BCUT2D eigenvalue weighted by atomic mass is 10.2. The second-order valence-electron chi connectivity index (χ2n) is 5.57. The maximum atomic E-state index is 13.2. The number of thioether (sulfide) groups is 1. The second-order valence-corrected chi connectivity index (χ2v) is 6.51. The Kier molecular flexibility index (Phi) is 5.87. The number of aromatic hydroxyl groups is 1. The number of para-hydroxylation sites is 1. The van der Waals surface area contributed by atoms with Gasteiger partial charge in [-0.2, -0.15) is 0 Å². The zero-order chi connectivity index (χ0) is 19.2. The number of carbonyl (C=O) groups excluding carboxylic acids is 1. The Morgan fingerprint density at radius 1 is 1.26 bits per heavy atom. The molecule has 6 nitrogen and oxygen atoms in total. The highest BCUT2D eigenvalue weighted by molar-refractivity contribution is 7.99. The van der Waals surface area contributed by atoms with Crippen LogP contribution < -0.4 is 5.32 Å². The van der Waals surface area contributed by atoms with Crippen LogP contribution in [0.2, 0.25) is 0 Å². The predicted octanol–water partition coefficient (Wildman–Crippen LogP) is 3.71. The molecule has 0 aliphatic carbocycles. The van der Waals surface area contributed by atoms with Gasteiger partial charge in [0.25, 0.3) is 0 Å². The Labute approximate surface area is 159 Å². The Bertz CT molecular complexity index is 974. The number of carbonyl (C=O) groups is 1. The average Bonchev–Trinajstić information content (AvgIpc) is 3.03. The molecule has 0 saturated carbocycles. The number of allylic oxidation sites excluding steroid dienone is 1. The highest BCUT2D eigenvalue weighted by Gasteiger charge is 2.17. The molecule has 0 unspecified atom stereocenters. The third-order valence-corrected chi connectivity index (χ3v) is 4.58. The van der Waals surface area contributed by atoms with Gasteiger partial charge in [-0.3, -0.25) is 9.36 Å². The minimum absolute atomic E-state index is 0.0760. The van der Waals surface area contributed by atoms with Crippen LogP contribution in [-0.2, 0) is 11.3 Å². The van der Waals surface area contributed by atoms with Gasteiger partial charge in [0, 0.05) is 12.2 Å². The van der Waals surface area contributed by atoms with E-state index in [1.807, 2.05) is 0 Å². The van der Waals surface area contributed by atoms with E-state index in [0.717, 1.165) is 0 Å². The molecular weight excluding hydrogens is 367 g/mol. The summed E-state index contributed by atoms with van der Waals surface area (Å²) in [5.74, 6) is -0.0509. The minimum atomic E-state index is -0.418. The van der Waals surface area contributed by atoms with E-state index in [9.17, 15) is 14.3 Å². The Hall–Kier alpha value is -3.13. The molecule has 0 bridgehead atoms. The Morgan fingerprint density at radius 2 is 2.07 bits per heavy atom. The van der Waals surface area contributed by atoms with Crippen molar-refractivity contribution in [1.82, 2.24) is 14.8 Å². The molecule has 27 heavy (non-hydrogen) atoms. The van der Waals surface area contributed by atoms with Crippen molar-refractivity contribution in [3.8, 4) is 17.1 Å². The van der Waals surface area contributed by atoms with E-state index in [4.69, 9.17) is 0 Å². The topological polar surface area (TPSA) is 80.0 Å². The Morgan fingerprint density at radius 3 is 2.81 bits per heavy atom. The van der Waals surface area contributed by atoms with Gasteiger partial charge in [0.05, 0.1) is 11.3 Å². The molecule has 2 N–H and O–H groups in total. The van der Waals surface area contributed by atoms with Crippen LogP contribution >= 0.6 is 11.8 Å². The van der Waals surface area contributed by atoms with E-state index in [-0.39, 0.29) is 17.4 Å². The summed E-state index contributed by atoms with van der Waals surface area (Å²) >= 11 is 1.19. The van der Waals surface area contributed by atoms with Crippen molar-refractivity contribution in [2.75, 3.05) is 11.1 Å². The first-order valence-corrected chi connectivity index (χ1v) is 9.07. The molecule has 3 rings (SSSR count). The fourth-order valence-corrected chi connectivity index (χ4v) is 3.19. The third kappa shape index (κ3) is 4.53. The van der Waals surface area contributed by atoms with Crippen molar-refractivity contribution in [2.45, 2.75) is 11.7 Å². The average molecular weight is 384 g/mol. The van der Waals surface area contributed by atoms with E-state index < -0.39 is 5.82 Å². The standard InChI is InChI=1S/C19H17FN4O2S/c1-2-10-24-18(15-8-3-4-9-16(15)25)22-23-19(24)27-12-17(26)21-14-7-5-6-13(20)11-14/h2-9,11,25H,1,10,12H2,(H,21,26). The van der Waals surface area contributed by atoms with Gasteiger partial charge in [0.1, 0.15) is 11.6 Å². The predicted molar refractivity (Wildman–Crippen MR) is 103 cm³/mol. The SMILES string of the molecule is C=CCn1c(SCC(=O)Nc2cccc(F)c2)nnc1-c1ccccc1O. The van der Waals surface area contributed by atoms with Crippen LogP contribution in [0.15, 0.2) is 66.3 Å². The lowest BCUT2D eigenvalue weighted by molar-refractivity contribution is -0.113. The van der Waals surface area contributed by atoms with Gasteiger partial charge >= 0.3 is 0 Å². The summed E-state index contributed by atoms with van der Waals surface area (Å²) in [7, 11) is 0. The maximum Gasteiger partial charge on any atom is 0.234 e. The highest BCUT2D eigenvalue weighted by atomic mass is 32.2. The van der Waals surface area contributed by atoms with Crippen LogP contribution in [0, 0.1) is 5.82 Å². The quantitative estimate of drug-likeness (QED) is 0.480. The first kappa shape index (κ1) is 18.7. The fourth-order valence-electron chi connectivity index (χ4n) is 2.44. The van der Waals surface area contributed by atoms with Crippen LogP contribution in [0.5, 0.6) is 5.75 Å². The van der Waals surface area contributed by atoms with Gasteiger partial charge in [-0.15, -0.1) is 16.8 Å². The summed E-state index contributed by atoms with van der Waals surface area (Å²) in [6.07, 6.45) is 1.68. The third-order valence-electron chi connectivity index (χ3n) is 3.61. The number of phenolic OH excluding ortho intramolecular Hbond substituents is 1. The summed E-state index contributed by atoms with van der Waals surface area (Å²) in [6, 6.07) is 12.5. The molecule has 0 spiro atoms. The molecular formula is C19H17FN4O2S. The van der Waals surface area contributed by atoms with Gasteiger partial charge in [-0.05, 0) is 30.3 Å². The number of hydrogen-bond donors (Lipinski definition) is 2. The van der Waals surface area contributed by atoms with Crippen molar-refractivity contribution in [3.63, 3.8) is 0 Å². The molecule has 0 aliphatic rings. The molecule has 3 aromatic rings. The number of aromatic nitrogens is 3. The van der Waals surface area contributed by atoms with E-state index >= 15 is 0 Å². The van der Waals surface area contributed by atoms with E-state index in [1.54, 1.807) is 41.0 Å². The summed E-state index contributed by atoms with van der Waals surface area (Å²) in [5.41, 5.74) is 0.936. The molecule has 0 atom stereocenters. The number of nitrogens with one attached hydrogen (secondary N) is 1. The van der Waals surface area contributed by atoms with E-state index in [0.29, 0.717) is 28.8 Å². The molecule has 0 saturated heterocycles. The van der Waals surface area contributed by atoms with Crippen LogP contribution in [0.3, 0.4) is 0 Å². The van der Waals surface area contributed by atoms with Gasteiger partial charge in [0.2, 0.25) is 5.91 Å². The van der Waals surface area contributed by atoms with E-state index in [2.05, 4.69) is 22.1 Å². The first-order chi connectivity index (χ1) is 13.1. The number of benzene rings is 2. The number of amides is 1. The highest BCUT2D eigenvalue weighted by Crippen LogP contribution is 2.30. The van der Waals surface area contributed by atoms with Crippen molar-refractivity contribution < 1.29 is 14.3 Å². The fraction of sp³-hybridized carbons (Fsp3) is 0.105. The molecule has 0 fully saturated rings. The zero-order valence-electron chi connectivity index (χ0n) is 14.3. The maximum absolute atomic E-state index is 13.2. The largest absolute Gasteiger partial charge is 0.507 e. The first-order valence-electron chi connectivity index (χ1n) is 8.09. The number of phenols is 1. The zero-order valence-corrected chi connectivity index (χ0v) is 15.1. The molecule has 138 valence electrons. The van der Waals surface area contributed by atoms with Gasteiger partial charge in [0.15, 0.2) is 11.0 Å².